The molecule has 0 bridgehead atoms. The first-order valence-corrected chi connectivity index (χ1v) is 6.34. The number of aryl methyl sites for hydroxylation is 1. The molecule has 2 rings (SSSR count). The number of hydrogen-bond acceptors (Lipinski definition) is 3. The van der Waals surface area contributed by atoms with Gasteiger partial charge in [0.15, 0.2) is 11.5 Å². The van der Waals surface area contributed by atoms with E-state index in [1.807, 2.05) is 19.1 Å². The summed E-state index contributed by atoms with van der Waals surface area (Å²) in [6, 6.07) is 3.84. The first-order valence-electron chi connectivity index (χ1n) is 6.34. The Morgan fingerprint density at radius 1 is 1.33 bits per heavy atom. The summed E-state index contributed by atoms with van der Waals surface area (Å²) in [4.78, 5) is 10.7. The van der Waals surface area contributed by atoms with E-state index < -0.39 is 5.97 Å². The lowest BCUT2D eigenvalue weighted by Crippen LogP contribution is -2.03. The highest BCUT2D eigenvalue weighted by molar-refractivity contribution is 5.67. The fourth-order valence-corrected chi connectivity index (χ4v) is 2.20. The SMILES string of the molecule is CCc1c(CCC(=O)O)ccc2c1OCCCO2. The molecule has 0 atom stereocenters. The number of carboxylic acid groups (broad SMARTS) is 1. The number of carbonyl (C=O) groups is 1. The lowest BCUT2D eigenvalue weighted by molar-refractivity contribution is -0.136. The summed E-state index contributed by atoms with van der Waals surface area (Å²) >= 11 is 0. The standard InChI is InChI=1S/C14H18O4/c1-2-11-10(5-7-13(15)16)4-6-12-14(11)18-9-3-8-17-12/h4,6H,2-3,5,7-9H2,1H3,(H,15,16). The van der Waals surface area contributed by atoms with Gasteiger partial charge in [-0.25, -0.2) is 0 Å². The smallest absolute Gasteiger partial charge is 0.303 e. The van der Waals surface area contributed by atoms with E-state index in [9.17, 15) is 4.79 Å². The van der Waals surface area contributed by atoms with Crippen LogP contribution in [0.5, 0.6) is 11.5 Å². The Labute approximate surface area is 107 Å². The Bertz CT molecular complexity index is 440. The molecule has 1 heterocycles. The van der Waals surface area contributed by atoms with Crippen molar-refractivity contribution in [3.63, 3.8) is 0 Å². The minimum atomic E-state index is -0.774. The maximum atomic E-state index is 10.7. The van der Waals surface area contributed by atoms with Gasteiger partial charge in [0, 0.05) is 18.4 Å². The van der Waals surface area contributed by atoms with Crippen LogP contribution in [0.2, 0.25) is 0 Å². The average molecular weight is 250 g/mol. The molecule has 0 radical (unpaired) electrons. The molecular weight excluding hydrogens is 232 g/mol. The molecule has 0 amide bonds. The summed E-state index contributed by atoms with van der Waals surface area (Å²) < 4.78 is 11.4. The number of carboxylic acids is 1. The first kappa shape index (κ1) is 12.7. The molecular formula is C14H18O4. The van der Waals surface area contributed by atoms with Crippen LogP contribution in [0.25, 0.3) is 0 Å². The zero-order valence-electron chi connectivity index (χ0n) is 10.6. The van der Waals surface area contributed by atoms with E-state index in [1.54, 1.807) is 0 Å². The van der Waals surface area contributed by atoms with Crippen molar-refractivity contribution in [1.29, 1.82) is 0 Å². The molecule has 0 unspecified atom stereocenters. The highest BCUT2D eigenvalue weighted by Crippen LogP contribution is 2.36. The number of fused-ring (bicyclic) bond motifs is 1. The molecule has 0 spiro atoms. The summed E-state index contributed by atoms with van der Waals surface area (Å²) in [7, 11) is 0. The van der Waals surface area contributed by atoms with E-state index in [4.69, 9.17) is 14.6 Å². The summed E-state index contributed by atoms with van der Waals surface area (Å²) in [6.07, 6.45) is 2.38. The topological polar surface area (TPSA) is 55.8 Å². The predicted molar refractivity (Wildman–Crippen MR) is 67.4 cm³/mol. The minimum absolute atomic E-state index is 0.145. The lowest BCUT2D eigenvalue weighted by Gasteiger charge is -2.15. The number of aliphatic carboxylic acids is 1. The molecule has 1 N–H and O–H groups in total. The van der Waals surface area contributed by atoms with E-state index in [0.29, 0.717) is 19.6 Å². The van der Waals surface area contributed by atoms with Crippen molar-refractivity contribution in [3.8, 4) is 11.5 Å². The highest BCUT2D eigenvalue weighted by Gasteiger charge is 2.17. The number of benzene rings is 1. The second-order valence-corrected chi connectivity index (χ2v) is 4.33. The molecule has 0 saturated carbocycles. The lowest BCUT2D eigenvalue weighted by atomic mass is 9.99. The molecule has 1 aromatic carbocycles. The van der Waals surface area contributed by atoms with Gasteiger partial charge in [0.1, 0.15) is 0 Å². The van der Waals surface area contributed by atoms with Gasteiger partial charge < -0.3 is 14.6 Å². The Balaban J connectivity index is 2.30. The van der Waals surface area contributed by atoms with Crippen LogP contribution in [-0.4, -0.2) is 24.3 Å². The second-order valence-electron chi connectivity index (χ2n) is 4.33. The van der Waals surface area contributed by atoms with E-state index in [0.717, 1.165) is 35.5 Å². The Kier molecular flexibility index (Phi) is 4.07. The van der Waals surface area contributed by atoms with E-state index >= 15 is 0 Å². The van der Waals surface area contributed by atoms with Gasteiger partial charge in [0.2, 0.25) is 0 Å². The molecule has 4 nitrogen and oxygen atoms in total. The van der Waals surface area contributed by atoms with E-state index in [-0.39, 0.29) is 6.42 Å². The normalized spacial score (nSPS) is 14.1. The Morgan fingerprint density at radius 2 is 2.11 bits per heavy atom. The predicted octanol–water partition coefficient (Wildman–Crippen LogP) is 2.43. The van der Waals surface area contributed by atoms with Crippen LogP contribution < -0.4 is 9.47 Å². The van der Waals surface area contributed by atoms with Gasteiger partial charge >= 0.3 is 5.97 Å². The maximum Gasteiger partial charge on any atom is 0.303 e. The van der Waals surface area contributed by atoms with E-state index in [2.05, 4.69) is 0 Å². The highest BCUT2D eigenvalue weighted by atomic mass is 16.5. The van der Waals surface area contributed by atoms with Gasteiger partial charge in [-0.15, -0.1) is 0 Å². The molecule has 0 fully saturated rings. The fourth-order valence-electron chi connectivity index (χ4n) is 2.20. The Hall–Kier alpha value is -1.71. The zero-order valence-corrected chi connectivity index (χ0v) is 10.6. The van der Waals surface area contributed by atoms with Crippen LogP contribution in [0.3, 0.4) is 0 Å². The van der Waals surface area contributed by atoms with Crippen LogP contribution in [0.4, 0.5) is 0 Å². The van der Waals surface area contributed by atoms with Crippen molar-refractivity contribution in [2.24, 2.45) is 0 Å². The van der Waals surface area contributed by atoms with Crippen molar-refractivity contribution in [1.82, 2.24) is 0 Å². The van der Waals surface area contributed by atoms with Gasteiger partial charge in [-0.1, -0.05) is 13.0 Å². The molecule has 1 aromatic rings. The van der Waals surface area contributed by atoms with Crippen molar-refractivity contribution in [3.05, 3.63) is 23.3 Å². The number of rotatable bonds is 4. The minimum Gasteiger partial charge on any atom is -0.490 e. The number of hydrogen-bond donors (Lipinski definition) is 1. The molecule has 98 valence electrons. The largest absolute Gasteiger partial charge is 0.490 e. The Morgan fingerprint density at radius 3 is 2.83 bits per heavy atom. The second kappa shape index (κ2) is 5.76. The van der Waals surface area contributed by atoms with Crippen LogP contribution in [0, 0.1) is 0 Å². The molecule has 1 aliphatic heterocycles. The molecule has 0 aromatic heterocycles. The third-order valence-corrected chi connectivity index (χ3v) is 3.08. The quantitative estimate of drug-likeness (QED) is 0.891. The number of ether oxygens (including phenoxy) is 2. The molecule has 1 aliphatic rings. The van der Waals surface area contributed by atoms with Crippen LogP contribution in [0.15, 0.2) is 12.1 Å². The first-order chi connectivity index (χ1) is 8.72. The molecule has 0 saturated heterocycles. The average Bonchev–Trinajstić information content (AvgIpc) is 2.60. The molecule has 18 heavy (non-hydrogen) atoms. The van der Waals surface area contributed by atoms with Gasteiger partial charge in [0.25, 0.3) is 0 Å². The maximum absolute atomic E-state index is 10.7. The summed E-state index contributed by atoms with van der Waals surface area (Å²) in [5.41, 5.74) is 2.12. The van der Waals surface area contributed by atoms with Crippen molar-refractivity contribution < 1.29 is 19.4 Å². The van der Waals surface area contributed by atoms with Crippen LogP contribution >= 0.6 is 0 Å². The molecule has 4 heteroatoms. The monoisotopic (exact) mass is 250 g/mol. The fraction of sp³-hybridized carbons (Fsp3) is 0.500. The van der Waals surface area contributed by atoms with Crippen molar-refractivity contribution in [2.75, 3.05) is 13.2 Å². The van der Waals surface area contributed by atoms with Crippen LogP contribution in [-0.2, 0) is 17.6 Å². The van der Waals surface area contributed by atoms with Crippen molar-refractivity contribution >= 4 is 5.97 Å². The van der Waals surface area contributed by atoms with Gasteiger partial charge in [-0.05, 0) is 24.5 Å². The van der Waals surface area contributed by atoms with Crippen molar-refractivity contribution in [2.45, 2.75) is 32.6 Å². The zero-order chi connectivity index (χ0) is 13.0. The van der Waals surface area contributed by atoms with Gasteiger partial charge in [-0.2, -0.15) is 0 Å². The summed E-state index contributed by atoms with van der Waals surface area (Å²) in [6.45, 7) is 3.38. The van der Waals surface area contributed by atoms with E-state index in [1.165, 1.54) is 0 Å². The third kappa shape index (κ3) is 2.75. The summed E-state index contributed by atoms with van der Waals surface area (Å²) in [5, 5.41) is 8.77. The van der Waals surface area contributed by atoms with Crippen LogP contribution in [0.1, 0.15) is 30.9 Å². The third-order valence-electron chi connectivity index (χ3n) is 3.08. The van der Waals surface area contributed by atoms with Gasteiger partial charge in [-0.3, -0.25) is 4.79 Å². The van der Waals surface area contributed by atoms with Gasteiger partial charge in [0.05, 0.1) is 13.2 Å². The summed E-state index contributed by atoms with van der Waals surface area (Å²) in [5.74, 6) is 0.811. The molecule has 0 aliphatic carbocycles.